The minimum Gasteiger partial charge on any atom is -0.480 e. The van der Waals surface area contributed by atoms with Crippen LogP contribution in [0.2, 0.25) is 0 Å². The van der Waals surface area contributed by atoms with Crippen molar-refractivity contribution < 1.29 is 9.90 Å². The number of carboxylic acids is 1. The summed E-state index contributed by atoms with van der Waals surface area (Å²) in [5.41, 5.74) is 1.15. The van der Waals surface area contributed by atoms with Gasteiger partial charge in [-0.15, -0.1) is 0 Å². The Hall–Kier alpha value is -1.36. The summed E-state index contributed by atoms with van der Waals surface area (Å²) in [5.74, 6) is -0.685. The molecular formula is C12H19N3O2. The Bertz CT molecular complexity index is 389. The minimum atomic E-state index is -0.685. The lowest BCUT2D eigenvalue weighted by Crippen LogP contribution is -2.45. The van der Waals surface area contributed by atoms with Gasteiger partial charge in [0, 0.05) is 31.9 Å². The Morgan fingerprint density at radius 3 is 3.06 bits per heavy atom. The number of carbonyl (C=O) groups is 1. The Morgan fingerprint density at radius 2 is 2.41 bits per heavy atom. The molecule has 1 aliphatic heterocycles. The molecule has 1 saturated heterocycles. The van der Waals surface area contributed by atoms with E-state index < -0.39 is 5.97 Å². The molecule has 0 saturated carbocycles. The van der Waals surface area contributed by atoms with Gasteiger partial charge in [-0.1, -0.05) is 6.42 Å². The molecule has 0 aliphatic carbocycles. The molecule has 1 aromatic heterocycles. The highest BCUT2D eigenvalue weighted by molar-refractivity contribution is 5.73. The molecule has 2 rings (SSSR count). The van der Waals surface area contributed by atoms with Crippen molar-refractivity contribution in [1.82, 2.24) is 14.7 Å². The molecule has 1 aliphatic rings. The zero-order chi connectivity index (χ0) is 12.3. The standard InChI is InChI=1S/C12H19N3O2/c1-14-10(5-7-13-14)6-9-15-8-3-2-4-11(15)12(16)17/h5,7,11H,2-4,6,8-9H2,1H3,(H,16,17). The molecule has 0 bridgehead atoms. The largest absolute Gasteiger partial charge is 0.480 e. The van der Waals surface area contributed by atoms with Crippen LogP contribution in [0.3, 0.4) is 0 Å². The van der Waals surface area contributed by atoms with Gasteiger partial charge >= 0.3 is 5.97 Å². The second kappa shape index (κ2) is 5.31. The lowest BCUT2D eigenvalue weighted by atomic mass is 10.0. The number of hydrogen-bond acceptors (Lipinski definition) is 3. The van der Waals surface area contributed by atoms with Crippen LogP contribution in [0.1, 0.15) is 25.0 Å². The van der Waals surface area contributed by atoms with Crippen molar-refractivity contribution in [3.63, 3.8) is 0 Å². The molecule has 1 fully saturated rings. The van der Waals surface area contributed by atoms with Gasteiger partial charge in [-0.3, -0.25) is 14.4 Å². The summed E-state index contributed by atoms with van der Waals surface area (Å²) in [6, 6.07) is 1.69. The fourth-order valence-corrected chi connectivity index (χ4v) is 2.44. The van der Waals surface area contributed by atoms with Gasteiger partial charge in [-0.05, 0) is 25.5 Å². The lowest BCUT2D eigenvalue weighted by molar-refractivity contribution is -0.144. The van der Waals surface area contributed by atoms with E-state index in [0.717, 1.165) is 44.5 Å². The Kier molecular flexibility index (Phi) is 3.78. The SMILES string of the molecule is Cn1nccc1CCN1CCCCC1C(=O)O. The van der Waals surface area contributed by atoms with E-state index in [-0.39, 0.29) is 6.04 Å². The first-order valence-corrected chi connectivity index (χ1v) is 6.12. The van der Waals surface area contributed by atoms with E-state index in [0.29, 0.717) is 0 Å². The smallest absolute Gasteiger partial charge is 0.320 e. The van der Waals surface area contributed by atoms with Crippen LogP contribution in [0.25, 0.3) is 0 Å². The minimum absolute atomic E-state index is 0.294. The quantitative estimate of drug-likeness (QED) is 0.845. The zero-order valence-electron chi connectivity index (χ0n) is 10.2. The number of nitrogens with zero attached hydrogens (tertiary/aromatic N) is 3. The maximum Gasteiger partial charge on any atom is 0.320 e. The van der Waals surface area contributed by atoms with Crippen LogP contribution < -0.4 is 0 Å². The Labute approximate surface area is 101 Å². The van der Waals surface area contributed by atoms with Crippen molar-refractivity contribution in [1.29, 1.82) is 0 Å². The van der Waals surface area contributed by atoms with E-state index in [1.165, 1.54) is 0 Å². The van der Waals surface area contributed by atoms with E-state index in [4.69, 9.17) is 5.11 Å². The number of carboxylic acid groups (broad SMARTS) is 1. The molecule has 1 atom stereocenters. The van der Waals surface area contributed by atoms with Gasteiger partial charge < -0.3 is 5.11 Å². The van der Waals surface area contributed by atoms with E-state index in [1.54, 1.807) is 6.20 Å². The first kappa shape index (κ1) is 12.1. The number of hydrogen-bond donors (Lipinski definition) is 1. The number of aliphatic carboxylic acids is 1. The Balaban J connectivity index is 1.92. The van der Waals surface area contributed by atoms with Crippen molar-refractivity contribution in [3.05, 3.63) is 18.0 Å². The molecular weight excluding hydrogens is 218 g/mol. The third-order valence-corrected chi connectivity index (χ3v) is 3.48. The first-order valence-electron chi connectivity index (χ1n) is 6.12. The predicted octanol–water partition coefficient (Wildman–Crippen LogP) is 0.902. The molecule has 2 heterocycles. The number of aromatic nitrogens is 2. The molecule has 17 heavy (non-hydrogen) atoms. The molecule has 0 radical (unpaired) electrons. The topological polar surface area (TPSA) is 58.4 Å². The summed E-state index contributed by atoms with van der Waals surface area (Å²) in [6.07, 6.45) is 5.55. The third kappa shape index (κ3) is 2.85. The highest BCUT2D eigenvalue weighted by Gasteiger charge is 2.27. The fourth-order valence-electron chi connectivity index (χ4n) is 2.44. The molecule has 1 unspecified atom stereocenters. The van der Waals surface area contributed by atoms with Crippen LogP contribution in [0.15, 0.2) is 12.3 Å². The molecule has 0 amide bonds. The summed E-state index contributed by atoms with van der Waals surface area (Å²) in [7, 11) is 1.92. The van der Waals surface area contributed by atoms with Gasteiger partial charge in [0.15, 0.2) is 0 Å². The maximum absolute atomic E-state index is 11.1. The second-order valence-corrected chi connectivity index (χ2v) is 4.58. The van der Waals surface area contributed by atoms with Crippen molar-refractivity contribution >= 4 is 5.97 Å². The maximum atomic E-state index is 11.1. The summed E-state index contributed by atoms with van der Waals surface area (Å²) < 4.78 is 1.85. The van der Waals surface area contributed by atoms with Gasteiger partial charge in [-0.2, -0.15) is 5.10 Å². The van der Waals surface area contributed by atoms with E-state index >= 15 is 0 Å². The second-order valence-electron chi connectivity index (χ2n) is 4.58. The molecule has 0 spiro atoms. The first-order chi connectivity index (χ1) is 8.18. The van der Waals surface area contributed by atoms with Gasteiger partial charge in [0.1, 0.15) is 6.04 Å². The number of piperidine rings is 1. The molecule has 5 nitrogen and oxygen atoms in total. The van der Waals surface area contributed by atoms with Crippen molar-refractivity contribution in [2.75, 3.05) is 13.1 Å². The fraction of sp³-hybridized carbons (Fsp3) is 0.667. The van der Waals surface area contributed by atoms with Crippen LogP contribution >= 0.6 is 0 Å². The van der Waals surface area contributed by atoms with E-state index in [2.05, 4.69) is 10.00 Å². The normalized spacial score (nSPS) is 21.6. The Morgan fingerprint density at radius 1 is 1.59 bits per heavy atom. The monoisotopic (exact) mass is 237 g/mol. The van der Waals surface area contributed by atoms with E-state index in [1.807, 2.05) is 17.8 Å². The average molecular weight is 237 g/mol. The van der Waals surface area contributed by atoms with Crippen LogP contribution in [0.5, 0.6) is 0 Å². The summed E-state index contributed by atoms with van der Waals surface area (Å²) in [4.78, 5) is 13.2. The highest BCUT2D eigenvalue weighted by atomic mass is 16.4. The molecule has 94 valence electrons. The van der Waals surface area contributed by atoms with Gasteiger partial charge in [0.25, 0.3) is 0 Å². The van der Waals surface area contributed by atoms with Gasteiger partial charge in [0.05, 0.1) is 0 Å². The van der Waals surface area contributed by atoms with Crippen LogP contribution in [0.4, 0.5) is 0 Å². The number of rotatable bonds is 4. The number of aryl methyl sites for hydroxylation is 1. The highest BCUT2D eigenvalue weighted by Crippen LogP contribution is 2.17. The van der Waals surface area contributed by atoms with Crippen LogP contribution in [0, 0.1) is 0 Å². The van der Waals surface area contributed by atoms with Gasteiger partial charge in [-0.25, -0.2) is 0 Å². The van der Waals surface area contributed by atoms with Crippen molar-refractivity contribution in [3.8, 4) is 0 Å². The molecule has 1 N–H and O–H groups in total. The molecule has 5 heteroatoms. The van der Waals surface area contributed by atoms with Crippen molar-refractivity contribution in [2.24, 2.45) is 7.05 Å². The molecule has 0 aromatic carbocycles. The van der Waals surface area contributed by atoms with Crippen LogP contribution in [-0.4, -0.2) is 44.9 Å². The van der Waals surface area contributed by atoms with E-state index in [9.17, 15) is 4.79 Å². The summed E-state index contributed by atoms with van der Waals surface area (Å²) >= 11 is 0. The lowest BCUT2D eigenvalue weighted by Gasteiger charge is -2.32. The zero-order valence-corrected chi connectivity index (χ0v) is 10.2. The van der Waals surface area contributed by atoms with Crippen molar-refractivity contribution in [2.45, 2.75) is 31.7 Å². The van der Waals surface area contributed by atoms with Crippen LogP contribution in [-0.2, 0) is 18.3 Å². The predicted molar refractivity (Wildman–Crippen MR) is 63.8 cm³/mol. The summed E-state index contributed by atoms with van der Waals surface area (Å²) in [6.45, 7) is 1.70. The molecule has 1 aromatic rings. The summed E-state index contributed by atoms with van der Waals surface area (Å²) in [5, 5.41) is 13.3. The van der Waals surface area contributed by atoms with Gasteiger partial charge in [0.2, 0.25) is 0 Å². The number of likely N-dealkylation sites (tertiary alicyclic amines) is 1. The average Bonchev–Trinajstić information content (AvgIpc) is 2.72. The third-order valence-electron chi connectivity index (χ3n) is 3.48.